The Morgan fingerprint density at radius 2 is 2.14 bits per heavy atom. The Balaban J connectivity index is 1.50. The summed E-state index contributed by atoms with van der Waals surface area (Å²) < 4.78 is 5.73. The Kier molecular flexibility index (Phi) is 4.58. The molecule has 0 spiro atoms. The van der Waals surface area contributed by atoms with Crippen LogP contribution in [0.25, 0.3) is 0 Å². The number of carbonyl (C=O) groups excluding carboxylic acids is 1. The van der Waals surface area contributed by atoms with Gasteiger partial charge in [-0.25, -0.2) is 0 Å². The zero-order valence-electron chi connectivity index (χ0n) is 11.5. The third-order valence-corrected chi connectivity index (χ3v) is 4.93. The first-order chi connectivity index (χ1) is 10.2. The summed E-state index contributed by atoms with van der Waals surface area (Å²) in [6, 6.07) is 9.44. The van der Waals surface area contributed by atoms with Crippen molar-refractivity contribution in [2.24, 2.45) is 0 Å². The van der Waals surface area contributed by atoms with Crippen molar-refractivity contribution < 1.29 is 9.53 Å². The lowest BCUT2D eigenvalue weighted by Crippen LogP contribution is -2.33. The first kappa shape index (κ1) is 14.6. The summed E-state index contributed by atoms with van der Waals surface area (Å²) >= 11 is 7.45. The molecule has 5 heteroatoms. The number of carbonyl (C=O) groups is 1. The highest BCUT2D eigenvalue weighted by atomic mass is 35.5. The molecular weight excluding hydrogens is 306 g/mol. The fraction of sp³-hybridized carbons (Fsp3) is 0.312. The molecule has 2 aromatic rings. The highest BCUT2D eigenvalue weighted by Crippen LogP contribution is 2.27. The van der Waals surface area contributed by atoms with E-state index in [1.54, 1.807) is 11.3 Å². The lowest BCUT2D eigenvalue weighted by atomic mass is 10.1. The van der Waals surface area contributed by atoms with E-state index in [2.05, 4.69) is 4.90 Å². The summed E-state index contributed by atoms with van der Waals surface area (Å²) in [5.41, 5.74) is 1.33. The van der Waals surface area contributed by atoms with Crippen LogP contribution in [0.5, 0.6) is 5.75 Å². The predicted octanol–water partition coefficient (Wildman–Crippen LogP) is 3.65. The Morgan fingerprint density at radius 3 is 2.90 bits per heavy atom. The van der Waals surface area contributed by atoms with Crippen molar-refractivity contribution in [2.45, 2.75) is 13.0 Å². The van der Waals surface area contributed by atoms with Crippen molar-refractivity contribution >= 4 is 29.2 Å². The molecule has 21 heavy (non-hydrogen) atoms. The molecule has 0 atom stereocenters. The molecule has 0 fully saturated rings. The van der Waals surface area contributed by atoms with Crippen molar-refractivity contribution in [2.75, 3.05) is 19.7 Å². The Hall–Kier alpha value is -1.36. The van der Waals surface area contributed by atoms with Crippen molar-refractivity contribution in [3.8, 4) is 5.75 Å². The maximum absolute atomic E-state index is 10.8. The number of hydrogen-bond donors (Lipinski definition) is 0. The number of benzene rings is 1. The minimum absolute atomic E-state index is 0.656. The summed E-state index contributed by atoms with van der Waals surface area (Å²) in [5, 5.41) is 0.717. The minimum atomic E-state index is 0.656. The quantitative estimate of drug-likeness (QED) is 0.787. The number of aldehydes is 1. The molecule has 1 aromatic heterocycles. The van der Waals surface area contributed by atoms with Crippen LogP contribution in [0.15, 0.2) is 30.3 Å². The Morgan fingerprint density at radius 1 is 1.33 bits per heavy atom. The number of rotatable bonds is 5. The average Bonchev–Trinajstić information content (AvgIpc) is 2.91. The molecular formula is C16H16ClNO2S. The second-order valence-corrected chi connectivity index (χ2v) is 6.65. The van der Waals surface area contributed by atoms with Crippen molar-refractivity contribution in [1.82, 2.24) is 4.90 Å². The van der Waals surface area contributed by atoms with Crippen LogP contribution in [-0.4, -0.2) is 30.9 Å². The van der Waals surface area contributed by atoms with E-state index in [1.807, 2.05) is 30.3 Å². The van der Waals surface area contributed by atoms with Gasteiger partial charge in [0.1, 0.15) is 12.4 Å². The van der Waals surface area contributed by atoms with Gasteiger partial charge in [0.05, 0.1) is 4.88 Å². The molecule has 1 aromatic carbocycles. The van der Waals surface area contributed by atoms with E-state index in [0.717, 1.165) is 48.0 Å². The van der Waals surface area contributed by atoms with Gasteiger partial charge in [0.25, 0.3) is 0 Å². The van der Waals surface area contributed by atoms with E-state index < -0.39 is 0 Å². The molecule has 1 aliphatic rings. The zero-order valence-corrected chi connectivity index (χ0v) is 13.1. The number of ether oxygens (including phenoxy) is 1. The zero-order chi connectivity index (χ0) is 14.7. The lowest BCUT2D eigenvalue weighted by Gasteiger charge is -2.26. The van der Waals surface area contributed by atoms with Gasteiger partial charge in [0, 0.05) is 29.5 Å². The summed E-state index contributed by atoms with van der Waals surface area (Å²) in [6.07, 6.45) is 1.96. The largest absolute Gasteiger partial charge is 0.492 e. The standard InChI is InChI=1S/C16H16ClNO2S/c17-13-1-3-14(4-2-13)20-8-7-18-6-5-12-9-15(11-19)21-16(12)10-18/h1-4,9,11H,5-8,10H2. The number of hydrogen-bond acceptors (Lipinski definition) is 4. The van der Waals surface area contributed by atoms with E-state index in [4.69, 9.17) is 16.3 Å². The topological polar surface area (TPSA) is 29.5 Å². The highest BCUT2D eigenvalue weighted by Gasteiger charge is 2.18. The van der Waals surface area contributed by atoms with Crippen molar-refractivity contribution in [1.29, 1.82) is 0 Å². The monoisotopic (exact) mass is 321 g/mol. The summed E-state index contributed by atoms with van der Waals surface area (Å²) in [4.78, 5) is 15.3. The SMILES string of the molecule is O=Cc1cc2c(s1)CN(CCOc1ccc(Cl)cc1)CC2. The lowest BCUT2D eigenvalue weighted by molar-refractivity contribution is 0.112. The second kappa shape index (κ2) is 6.60. The van der Waals surface area contributed by atoms with Crippen LogP contribution in [0, 0.1) is 0 Å². The third-order valence-electron chi connectivity index (χ3n) is 3.59. The van der Waals surface area contributed by atoms with Crippen molar-refractivity contribution in [3.05, 3.63) is 50.7 Å². The fourth-order valence-electron chi connectivity index (χ4n) is 2.47. The van der Waals surface area contributed by atoms with Gasteiger partial charge >= 0.3 is 0 Å². The first-order valence-corrected chi connectivity index (χ1v) is 8.11. The molecule has 110 valence electrons. The molecule has 0 N–H and O–H groups in total. The molecule has 3 nitrogen and oxygen atoms in total. The van der Waals surface area contributed by atoms with Gasteiger partial charge in [0.2, 0.25) is 0 Å². The summed E-state index contributed by atoms with van der Waals surface area (Å²) in [7, 11) is 0. The molecule has 0 saturated heterocycles. The average molecular weight is 322 g/mol. The van der Waals surface area contributed by atoms with Gasteiger partial charge in [-0.15, -0.1) is 11.3 Å². The molecule has 0 amide bonds. The number of thiophene rings is 1. The van der Waals surface area contributed by atoms with E-state index in [1.165, 1.54) is 10.4 Å². The minimum Gasteiger partial charge on any atom is -0.492 e. The molecule has 0 radical (unpaired) electrons. The van der Waals surface area contributed by atoms with Crippen LogP contribution >= 0.6 is 22.9 Å². The number of nitrogens with zero attached hydrogens (tertiary/aromatic N) is 1. The maximum atomic E-state index is 10.8. The van der Waals surface area contributed by atoms with E-state index in [9.17, 15) is 4.79 Å². The molecule has 2 heterocycles. The first-order valence-electron chi connectivity index (χ1n) is 6.92. The third kappa shape index (κ3) is 3.64. The number of halogens is 1. The molecule has 0 aliphatic carbocycles. The van der Waals surface area contributed by atoms with E-state index >= 15 is 0 Å². The highest BCUT2D eigenvalue weighted by molar-refractivity contribution is 7.13. The molecule has 0 unspecified atom stereocenters. The van der Waals surface area contributed by atoms with Crippen LogP contribution in [0.2, 0.25) is 5.02 Å². The molecule has 3 rings (SSSR count). The van der Waals surface area contributed by atoms with Gasteiger partial charge in [-0.1, -0.05) is 11.6 Å². The number of fused-ring (bicyclic) bond motifs is 1. The Bertz CT molecular complexity index is 624. The van der Waals surface area contributed by atoms with E-state index in [0.29, 0.717) is 6.61 Å². The van der Waals surface area contributed by atoms with Crippen LogP contribution < -0.4 is 4.74 Å². The smallest absolute Gasteiger partial charge is 0.160 e. The van der Waals surface area contributed by atoms with Crippen LogP contribution in [0.1, 0.15) is 20.1 Å². The summed E-state index contributed by atoms with van der Waals surface area (Å²) in [6.45, 7) is 3.48. The van der Waals surface area contributed by atoms with Gasteiger partial charge in [-0.05, 0) is 42.3 Å². The molecule has 1 aliphatic heterocycles. The normalized spacial score (nSPS) is 14.7. The van der Waals surface area contributed by atoms with Crippen LogP contribution in [0.3, 0.4) is 0 Å². The van der Waals surface area contributed by atoms with Crippen LogP contribution in [0.4, 0.5) is 0 Å². The van der Waals surface area contributed by atoms with Gasteiger partial charge in [-0.2, -0.15) is 0 Å². The van der Waals surface area contributed by atoms with Gasteiger partial charge in [-0.3, -0.25) is 9.69 Å². The van der Waals surface area contributed by atoms with Gasteiger partial charge in [0.15, 0.2) is 6.29 Å². The summed E-state index contributed by atoms with van der Waals surface area (Å²) in [5.74, 6) is 0.844. The Labute approximate surface area is 133 Å². The van der Waals surface area contributed by atoms with Crippen LogP contribution in [-0.2, 0) is 13.0 Å². The van der Waals surface area contributed by atoms with Crippen molar-refractivity contribution in [3.63, 3.8) is 0 Å². The fourth-order valence-corrected chi connectivity index (χ4v) is 3.67. The maximum Gasteiger partial charge on any atom is 0.160 e. The van der Waals surface area contributed by atoms with Gasteiger partial charge < -0.3 is 4.74 Å². The second-order valence-electron chi connectivity index (χ2n) is 5.04. The predicted molar refractivity (Wildman–Crippen MR) is 85.6 cm³/mol. The molecule has 0 saturated carbocycles. The molecule has 0 bridgehead atoms. The van der Waals surface area contributed by atoms with E-state index in [-0.39, 0.29) is 0 Å².